The molecule has 12 nitrogen and oxygen atoms in total. The number of amides is 3. The first kappa shape index (κ1) is 37.9. The van der Waals surface area contributed by atoms with Crippen LogP contribution in [0.25, 0.3) is 11.3 Å². The van der Waals surface area contributed by atoms with Crippen molar-refractivity contribution in [3.8, 4) is 34.9 Å². The van der Waals surface area contributed by atoms with Gasteiger partial charge in [0.25, 0.3) is 0 Å². The van der Waals surface area contributed by atoms with E-state index in [0.717, 1.165) is 59.6 Å². The van der Waals surface area contributed by atoms with Crippen molar-refractivity contribution >= 4 is 29.6 Å². The number of ether oxygens (including phenoxy) is 2. The van der Waals surface area contributed by atoms with E-state index in [2.05, 4.69) is 44.0 Å². The van der Waals surface area contributed by atoms with Gasteiger partial charge in [-0.25, -0.2) is 9.78 Å². The van der Waals surface area contributed by atoms with Gasteiger partial charge in [-0.2, -0.15) is 0 Å². The molecule has 1 aromatic heterocycles. The molecule has 0 spiro atoms. The van der Waals surface area contributed by atoms with Crippen LogP contribution in [0.15, 0.2) is 47.2 Å². The van der Waals surface area contributed by atoms with E-state index in [1.165, 1.54) is 14.2 Å². The fraction of sp³-hybridized carbons (Fsp3) is 0.500. The third kappa shape index (κ3) is 8.92. The smallest absolute Gasteiger partial charge is 0.407 e. The van der Waals surface area contributed by atoms with E-state index in [4.69, 9.17) is 9.47 Å². The van der Waals surface area contributed by atoms with Gasteiger partial charge in [0.15, 0.2) is 0 Å². The molecule has 1 aromatic carbocycles. The van der Waals surface area contributed by atoms with E-state index in [1.54, 1.807) is 12.4 Å². The number of hydrogen-bond acceptors (Lipinski definition) is 8. The normalized spacial score (nSPS) is 19.2. The summed E-state index contributed by atoms with van der Waals surface area (Å²) in [7, 11) is 2.63. The minimum Gasteiger partial charge on any atom is -0.469 e. The maximum absolute atomic E-state index is 13.5. The number of H-pyrrole nitrogens is 1. The van der Waals surface area contributed by atoms with Crippen LogP contribution >= 0.6 is 0 Å². The number of aromatic amines is 1. The number of likely N-dealkylation sites (tertiary alicyclic amines) is 2. The van der Waals surface area contributed by atoms with Crippen molar-refractivity contribution in [1.82, 2.24) is 25.1 Å². The number of alkyl carbamates (subject to hydrolysis) is 1. The van der Waals surface area contributed by atoms with Crippen LogP contribution in [-0.4, -0.2) is 88.7 Å². The highest BCUT2D eigenvalue weighted by molar-refractivity contribution is 5.98. The number of esters is 1. The summed E-state index contributed by atoms with van der Waals surface area (Å²) >= 11 is 0. The molecule has 0 radical (unpaired) electrons. The Balaban J connectivity index is 1.16. The van der Waals surface area contributed by atoms with E-state index in [-0.39, 0.29) is 48.1 Å². The predicted molar refractivity (Wildman–Crippen MR) is 196 cm³/mol. The number of imidazole rings is 1. The van der Waals surface area contributed by atoms with Crippen LogP contribution in [0.5, 0.6) is 0 Å². The number of carbonyl (C=O) groups excluding carboxylic acids is 4. The second-order valence-electron chi connectivity index (χ2n) is 14.1. The molecule has 3 aliphatic rings. The number of benzene rings is 1. The van der Waals surface area contributed by atoms with Crippen LogP contribution in [0.4, 0.5) is 4.79 Å². The van der Waals surface area contributed by atoms with Crippen molar-refractivity contribution in [2.24, 2.45) is 22.7 Å². The number of nitrogens with one attached hydrogen (secondary N) is 2. The Labute approximate surface area is 305 Å². The number of nitrogens with zero attached hydrogens (tertiary/aromatic N) is 4. The van der Waals surface area contributed by atoms with Crippen LogP contribution < -0.4 is 5.32 Å². The lowest BCUT2D eigenvalue weighted by Gasteiger charge is -2.31. The molecule has 4 atom stereocenters. The summed E-state index contributed by atoms with van der Waals surface area (Å²) in [6, 6.07) is 6.82. The van der Waals surface area contributed by atoms with Crippen molar-refractivity contribution in [2.75, 3.05) is 27.3 Å². The van der Waals surface area contributed by atoms with Gasteiger partial charge in [0.05, 0.1) is 50.5 Å². The molecule has 5 rings (SSSR count). The fourth-order valence-electron chi connectivity index (χ4n) is 6.98. The van der Waals surface area contributed by atoms with Crippen molar-refractivity contribution in [3.63, 3.8) is 0 Å². The van der Waals surface area contributed by atoms with Crippen molar-refractivity contribution in [3.05, 3.63) is 53.6 Å². The lowest BCUT2D eigenvalue weighted by molar-refractivity contribution is -0.148. The Bertz CT molecular complexity index is 1840. The molecular formula is C40H48N6O6. The molecule has 0 unspecified atom stereocenters. The first-order valence-electron chi connectivity index (χ1n) is 18.0. The summed E-state index contributed by atoms with van der Waals surface area (Å²) in [6.45, 7) is 8.93. The molecule has 3 aliphatic heterocycles. The largest absolute Gasteiger partial charge is 0.469 e. The van der Waals surface area contributed by atoms with Gasteiger partial charge in [-0.05, 0) is 67.1 Å². The monoisotopic (exact) mass is 708 g/mol. The first-order chi connectivity index (χ1) is 25.0. The third-order valence-electron chi connectivity index (χ3n) is 9.94. The Morgan fingerprint density at radius 2 is 1.58 bits per heavy atom. The summed E-state index contributed by atoms with van der Waals surface area (Å²) in [5, 5.41) is 2.68. The van der Waals surface area contributed by atoms with E-state index < -0.39 is 18.1 Å². The lowest BCUT2D eigenvalue weighted by Crippen LogP contribution is -2.53. The number of rotatable bonds is 10. The van der Waals surface area contributed by atoms with Gasteiger partial charge in [-0.15, -0.1) is 0 Å². The van der Waals surface area contributed by atoms with Crippen molar-refractivity contribution in [2.45, 2.75) is 84.3 Å². The van der Waals surface area contributed by atoms with Gasteiger partial charge in [-0.1, -0.05) is 51.7 Å². The summed E-state index contributed by atoms with van der Waals surface area (Å²) in [5.74, 6) is 11.7. The van der Waals surface area contributed by atoms with Gasteiger partial charge in [0.1, 0.15) is 11.9 Å². The number of allylic oxidation sites excluding steroid dienone is 1. The van der Waals surface area contributed by atoms with Crippen LogP contribution in [0.2, 0.25) is 0 Å². The topological polar surface area (TPSA) is 146 Å². The molecule has 274 valence electrons. The van der Waals surface area contributed by atoms with E-state index in [1.807, 2.05) is 61.8 Å². The molecule has 12 heteroatoms. The maximum atomic E-state index is 13.5. The fourth-order valence-corrected chi connectivity index (χ4v) is 6.98. The van der Waals surface area contributed by atoms with Crippen molar-refractivity contribution in [1.29, 1.82) is 0 Å². The molecule has 3 amide bonds. The molecule has 0 aliphatic carbocycles. The van der Waals surface area contributed by atoms with E-state index >= 15 is 0 Å². The van der Waals surface area contributed by atoms with Gasteiger partial charge in [0, 0.05) is 42.6 Å². The zero-order valence-corrected chi connectivity index (χ0v) is 30.8. The standard InChI is InChI=1S/C40H48N6O6/c1-25(2)30(22-35(47)51-5)38(48)46-20-10-14-34(46)37-42-24-32(43-37)29-17-15-27(16-18-29)11-7-8-12-28-21-31(41-23-28)33-13-9-19-45(33)39(49)36(26(3)4)44-40(50)52-6/h15-18,23-26,30,33-34,36H,9-10,13-14,19-22H2,1-6H3,(H,42,43)(H,44,50)/t30-,33-,34-,36-/m0/s1. The SMILES string of the molecule is COC(=O)C[C@H](C(=O)N1CCC[C@H]1c1ncc(-c2ccc(C#CC#CC3=CN=C([C@@H]4CCCN4C(=O)[C@@H](NC(=O)OC)C(C)C)C3)cc2)[nH]1)C(C)C. The van der Waals surface area contributed by atoms with Gasteiger partial charge in [-0.3, -0.25) is 19.4 Å². The molecule has 2 fully saturated rings. The van der Waals surface area contributed by atoms with Gasteiger partial charge >= 0.3 is 12.1 Å². The highest BCUT2D eigenvalue weighted by Gasteiger charge is 2.39. The predicted octanol–water partition coefficient (Wildman–Crippen LogP) is 5.03. The Morgan fingerprint density at radius 1 is 0.904 bits per heavy atom. The number of aliphatic imine (C=N–C) groups is 1. The average molecular weight is 709 g/mol. The maximum Gasteiger partial charge on any atom is 0.407 e. The third-order valence-corrected chi connectivity index (χ3v) is 9.94. The first-order valence-corrected chi connectivity index (χ1v) is 18.0. The highest BCUT2D eigenvalue weighted by Crippen LogP contribution is 2.34. The summed E-state index contributed by atoms with van der Waals surface area (Å²) in [6.07, 6.45) is 6.87. The second-order valence-corrected chi connectivity index (χ2v) is 14.1. The Hall–Kier alpha value is -5.36. The lowest BCUT2D eigenvalue weighted by atomic mass is 9.91. The minimum atomic E-state index is -0.674. The van der Waals surface area contributed by atoms with Crippen LogP contribution in [-0.2, 0) is 23.9 Å². The highest BCUT2D eigenvalue weighted by atomic mass is 16.5. The number of aromatic nitrogens is 2. The molecule has 52 heavy (non-hydrogen) atoms. The molecule has 4 heterocycles. The molecule has 2 N–H and O–H groups in total. The van der Waals surface area contributed by atoms with Gasteiger partial charge in [0.2, 0.25) is 11.8 Å². The minimum absolute atomic E-state index is 0.00347. The number of methoxy groups -OCH3 is 2. The summed E-state index contributed by atoms with van der Waals surface area (Å²) < 4.78 is 9.57. The molecule has 0 saturated carbocycles. The molecule has 0 bridgehead atoms. The molecule has 2 saturated heterocycles. The number of carbonyl (C=O) groups is 4. The zero-order chi connectivity index (χ0) is 37.4. The zero-order valence-electron chi connectivity index (χ0n) is 30.8. The van der Waals surface area contributed by atoms with E-state index in [0.29, 0.717) is 19.5 Å². The van der Waals surface area contributed by atoms with Crippen LogP contribution in [0, 0.1) is 41.4 Å². The Kier molecular flexibility index (Phi) is 12.6. The molecule has 2 aromatic rings. The van der Waals surface area contributed by atoms with Gasteiger partial charge < -0.3 is 29.6 Å². The van der Waals surface area contributed by atoms with E-state index in [9.17, 15) is 19.2 Å². The summed E-state index contributed by atoms with van der Waals surface area (Å²) in [5.41, 5.74) is 4.33. The summed E-state index contributed by atoms with van der Waals surface area (Å²) in [4.78, 5) is 67.1. The second kappa shape index (κ2) is 17.2. The quantitative estimate of drug-likeness (QED) is 0.260. The van der Waals surface area contributed by atoms with Crippen LogP contribution in [0.1, 0.15) is 83.6 Å². The average Bonchev–Trinajstić information content (AvgIpc) is 3.97. The molecular weight excluding hydrogens is 660 g/mol. The van der Waals surface area contributed by atoms with Crippen molar-refractivity contribution < 1.29 is 28.7 Å². The Morgan fingerprint density at radius 3 is 2.23 bits per heavy atom. The van der Waals surface area contributed by atoms with Crippen LogP contribution in [0.3, 0.4) is 0 Å². The number of hydrogen-bond donors (Lipinski definition) is 2.